The van der Waals surface area contributed by atoms with Gasteiger partial charge in [0.2, 0.25) is 0 Å². The van der Waals surface area contributed by atoms with Crippen molar-refractivity contribution in [3.63, 3.8) is 0 Å². The lowest BCUT2D eigenvalue weighted by Crippen LogP contribution is -2.32. The zero-order chi connectivity index (χ0) is 12.3. The Hall–Kier alpha value is -0.770. The summed E-state index contributed by atoms with van der Waals surface area (Å²) in [6.07, 6.45) is 0. The highest BCUT2D eigenvalue weighted by molar-refractivity contribution is 5.85. The lowest BCUT2D eigenvalue weighted by Gasteiger charge is -2.30. The Morgan fingerprint density at radius 2 is 2.00 bits per heavy atom. The zero-order valence-electron chi connectivity index (χ0n) is 10.9. The van der Waals surface area contributed by atoms with Crippen LogP contribution in [0.1, 0.15) is 31.0 Å². The van der Waals surface area contributed by atoms with E-state index in [1.54, 1.807) is 7.11 Å². The van der Waals surface area contributed by atoms with Gasteiger partial charge >= 0.3 is 0 Å². The Labute approximate surface area is 109 Å². The van der Waals surface area contributed by atoms with Gasteiger partial charge in [-0.1, -0.05) is 19.9 Å². The SMILES string of the molecule is COc1ccc([C@@H](N)C(C)(C)CO)c(C)c1.Cl. The van der Waals surface area contributed by atoms with Crippen molar-refractivity contribution < 1.29 is 9.84 Å². The summed E-state index contributed by atoms with van der Waals surface area (Å²) in [7, 11) is 1.64. The number of benzene rings is 1. The maximum Gasteiger partial charge on any atom is 0.119 e. The number of hydrogen-bond acceptors (Lipinski definition) is 3. The minimum absolute atomic E-state index is 0. The molecule has 1 aromatic rings. The van der Waals surface area contributed by atoms with Gasteiger partial charge in [-0.15, -0.1) is 12.4 Å². The summed E-state index contributed by atoms with van der Waals surface area (Å²) in [5.74, 6) is 0.829. The van der Waals surface area contributed by atoms with Gasteiger partial charge < -0.3 is 15.6 Å². The number of nitrogens with two attached hydrogens (primary N) is 1. The summed E-state index contributed by atoms with van der Waals surface area (Å²) in [5.41, 5.74) is 8.00. The van der Waals surface area contributed by atoms with Crippen molar-refractivity contribution in [3.05, 3.63) is 29.3 Å². The Kier molecular flexibility index (Phi) is 5.96. The normalized spacial score (nSPS) is 12.8. The van der Waals surface area contributed by atoms with Crippen molar-refractivity contribution in [1.29, 1.82) is 0 Å². The molecule has 0 radical (unpaired) electrons. The molecule has 0 heterocycles. The maximum absolute atomic E-state index is 9.31. The molecule has 0 bridgehead atoms. The molecule has 0 amide bonds. The van der Waals surface area contributed by atoms with Gasteiger partial charge in [-0.2, -0.15) is 0 Å². The summed E-state index contributed by atoms with van der Waals surface area (Å²) in [6, 6.07) is 5.65. The fourth-order valence-electron chi connectivity index (χ4n) is 1.64. The molecule has 4 heteroatoms. The first-order valence-electron chi connectivity index (χ1n) is 5.43. The van der Waals surface area contributed by atoms with Gasteiger partial charge in [0.25, 0.3) is 0 Å². The molecule has 0 aliphatic carbocycles. The van der Waals surface area contributed by atoms with Crippen molar-refractivity contribution in [2.45, 2.75) is 26.8 Å². The average molecular weight is 260 g/mol. The van der Waals surface area contributed by atoms with Gasteiger partial charge in [0.05, 0.1) is 7.11 Å². The molecule has 0 aromatic heterocycles. The van der Waals surface area contributed by atoms with Gasteiger partial charge in [-0.25, -0.2) is 0 Å². The number of aryl methyl sites for hydroxylation is 1. The first-order chi connectivity index (χ1) is 7.42. The van der Waals surface area contributed by atoms with E-state index in [1.165, 1.54) is 0 Å². The van der Waals surface area contributed by atoms with Crippen molar-refractivity contribution >= 4 is 12.4 Å². The molecule has 0 saturated carbocycles. The first-order valence-corrected chi connectivity index (χ1v) is 5.43. The van der Waals surface area contributed by atoms with Crippen LogP contribution < -0.4 is 10.5 Å². The Morgan fingerprint density at radius 1 is 1.41 bits per heavy atom. The van der Waals surface area contributed by atoms with E-state index in [2.05, 4.69) is 0 Å². The monoisotopic (exact) mass is 259 g/mol. The van der Waals surface area contributed by atoms with Gasteiger partial charge in [0.1, 0.15) is 5.75 Å². The third kappa shape index (κ3) is 3.60. The van der Waals surface area contributed by atoms with E-state index in [1.807, 2.05) is 39.0 Å². The zero-order valence-corrected chi connectivity index (χ0v) is 11.7. The van der Waals surface area contributed by atoms with E-state index >= 15 is 0 Å². The summed E-state index contributed by atoms with van der Waals surface area (Å²) in [4.78, 5) is 0. The summed E-state index contributed by atoms with van der Waals surface area (Å²) in [5, 5.41) is 9.31. The number of hydrogen-bond donors (Lipinski definition) is 2. The molecular formula is C13H22ClNO2. The number of rotatable bonds is 4. The predicted octanol–water partition coefficient (Wildman–Crippen LogP) is 2.44. The van der Waals surface area contributed by atoms with Crippen molar-refractivity contribution in [2.75, 3.05) is 13.7 Å². The molecular weight excluding hydrogens is 238 g/mol. The lowest BCUT2D eigenvalue weighted by molar-refractivity contribution is 0.132. The molecule has 3 nitrogen and oxygen atoms in total. The Balaban J connectivity index is 0.00000256. The molecule has 0 aliphatic heterocycles. The minimum atomic E-state index is -0.320. The smallest absolute Gasteiger partial charge is 0.119 e. The van der Waals surface area contributed by atoms with E-state index in [0.717, 1.165) is 16.9 Å². The Morgan fingerprint density at radius 3 is 2.41 bits per heavy atom. The fourth-order valence-corrected chi connectivity index (χ4v) is 1.64. The van der Waals surface area contributed by atoms with Crippen molar-refractivity contribution in [2.24, 2.45) is 11.1 Å². The summed E-state index contributed by atoms with van der Waals surface area (Å²) in [6.45, 7) is 5.99. The van der Waals surface area contributed by atoms with E-state index in [-0.39, 0.29) is 30.5 Å². The highest BCUT2D eigenvalue weighted by atomic mass is 35.5. The van der Waals surface area contributed by atoms with E-state index < -0.39 is 0 Å². The molecule has 0 saturated heterocycles. The molecule has 3 N–H and O–H groups in total. The van der Waals surface area contributed by atoms with Crippen molar-refractivity contribution in [3.8, 4) is 5.75 Å². The number of methoxy groups -OCH3 is 1. The maximum atomic E-state index is 9.31. The van der Waals surface area contributed by atoms with Gasteiger partial charge in [-0.05, 0) is 30.2 Å². The third-order valence-corrected chi connectivity index (χ3v) is 3.06. The van der Waals surface area contributed by atoms with Crippen molar-refractivity contribution in [1.82, 2.24) is 0 Å². The second-order valence-electron chi connectivity index (χ2n) is 4.85. The molecule has 1 rings (SSSR count). The van der Waals surface area contributed by atoms with Crippen LogP contribution in [0.5, 0.6) is 5.75 Å². The largest absolute Gasteiger partial charge is 0.497 e. The molecule has 0 spiro atoms. The van der Waals surface area contributed by atoms with Crippen LogP contribution in [0, 0.1) is 12.3 Å². The van der Waals surface area contributed by atoms with Crippen LogP contribution in [0.3, 0.4) is 0 Å². The number of halogens is 1. The average Bonchev–Trinajstić information content (AvgIpc) is 2.28. The molecule has 98 valence electrons. The molecule has 0 fully saturated rings. The highest BCUT2D eigenvalue weighted by Crippen LogP contribution is 2.33. The number of ether oxygens (including phenoxy) is 1. The quantitative estimate of drug-likeness (QED) is 0.873. The van der Waals surface area contributed by atoms with Crippen LogP contribution in [-0.4, -0.2) is 18.8 Å². The van der Waals surface area contributed by atoms with Gasteiger partial charge in [-0.3, -0.25) is 0 Å². The standard InChI is InChI=1S/C13H21NO2.ClH/c1-9-7-10(16-4)5-6-11(9)12(14)13(2,3)8-15;/h5-7,12,15H,8,14H2,1-4H3;1H/t12-;/m1./s1. The minimum Gasteiger partial charge on any atom is -0.497 e. The molecule has 0 aliphatic rings. The molecule has 0 unspecified atom stereocenters. The topological polar surface area (TPSA) is 55.5 Å². The van der Waals surface area contributed by atoms with E-state index in [0.29, 0.717) is 0 Å². The molecule has 1 atom stereocenters. The van der Waals surface area contributed by atoms with Crippen LogP contribution in [0.15, 0.2) is 18.2 Å². The summed E-state index contributed by atoms with van der Waals surface area (Å²) < 4.78 is 5.15. The predicted molar refractivity (Wildman–Crippen MR) is 72.8 cm³/mol. The van der Waals surface area contributed by atoms with E-state index in [4.69, 9.17) is 10.5 Å². The highest BCUT2D eigenvalue weighted by Gasteiger charge is 2.27. The molecule has 17 heavy (non-hydrogen) atoms. The number of aliphatic hydroxyl groups is 1. The third-order valence-electron chi connectivity index (χ3n) is 3.06. The van der Waals surface area contributed by atoms with E-state index in [9.17, 15) is 5.11 Å². The molecule has 1 aromatic carbocycles. The van der Waals surface area contributed by atoms with Crippen LogP contribution >= 0.6 is 12.4 Å². The Bertz CT molecular complexity index is 366. The fraction of sp³-hybridized carbons (Fsp3) is 0.538. The van der Waals surface area contributed by atoms with Crippen LogP contribution in [0.25, 0.3) is 0 Å². The second kappa shape index (κ2) is 6.24. The van der Waals surface area contributed by atoms with Gasteiger partial charge in [0.15, 0.2) is 0 Å². The van der Waals surface area contributed by atoms with Crippen LogP contribution in [0.2, 0.25) is 0 Å². The second-order valence-corrected chi connectivity index (χ2v) is 4.85. The lowest BCUT2D eigenvalue weighted by atomic mass is 9.80. The van der Waals surface area contributed by atoms with Crippen LogP contribution in [-0.2, 0) is 0 Å². The van der Waals surface area contributed by atoms with Gasteiger partial charge in [0, 0.05) is 18.1 Å². The summed E-state index contributed by atoms with van der Waals surface area (Å²) >= 11 is 0. The first kappa shape index (κ1) is 16.2. The number of aliphatic hydroxyl groups excluding tert-OH is 1. The van der Waals surface area contributed by atoms with Crippen LogP contribution in [0.4, 0.5) is 0 Å².